The highest BCUT2D eigenvalue weighted by molar-refractivity contribution is 5.68. The summed E-state index contributed by atoms with van der Waals surface area (Å²) in [4.78, 5) is 15.0. The van der Waals surface area contributed by atoms with Crippen LogP contribution in [-0.2, 0) is 16.1 Å². The van der Waals surface area contributed by atoms with E-state index in [1.54, 1.807) is 0 Å². The number of nitrogens with zero attached hydrogens (tertiary/aromatic N) is 1. The number of carbonyl (C=O) groups is 1. The van der Waals surface area contributed by atoms with E-state index in [1.165, 1.54) is 0 Å². The molecule has 1 amide bonds. The van der Waals surface area contributed by atoms with Gasteiger partial charge in [-0.25, -0.2) is 4.79 Å². The zero-order valence-corrected chi connectivity index (χ0v) is 15.4. The maximum Gasteiger partial charge on any atom is 0.410 e. The molecule has 1 N–H and O–H groups in total. The Morgan fingerprint density at radius 3 is 2.50 bits per heavy atom. The summed E-state index contributed by atoms with van der Waals surface area (Å²) in [6.07, 6.45) is 4.17. The zero-order valence-electron chi connectivity index (χ0n) is 15.4. The first kappa shape index (κ1) is 17.8. The summed E-state index contributed by atoms with van der Waals surface area (Å²) in [6, 6.07) is 10.3. The molecule has 3 fully saturated rings. The van der Waals surface area contributed by atoms with Gasteiger partial charge in [-0.2, -0.15) is 0 Å². The minimum absolute atomic E-state index is 0.140. The maximum atomic E-state index is 13.0. The second-order valence-electron chi connectivity index (χ2n) is 8.05. The average molecular weight is 358 g/mol. The van der Waals surface area contributed by atoms with Gasteiger partial charge in [-0.1, -0.05) is 30.3 Å². The Labute approximate surface area is 156 Å². The van der Waals surface area contributed by atoms with E-state index in [0.29, 0.717) is 18.6 Å². The predicted octanol–water partition coefficient (Wildman–Crippen LogP) is 3.05. The predicted molar refractivity (Wildman–Crippen MR) is 99.7 cm³/mol. The molecular formula is C21H30N2O3. The average Bonchev–Trinajstić information content (AvgIpc) is 3.28. The van der Waals surface area contributed by atoms with Crippen LogP contribution in [0.4, 0.5) is 4.79 Å². The standard InChI is InChI=1S/C21H30N2O3/c24-21(26-15-17-4-2-1-3-5-17)23(14-16-6-8-25-9-7-16)20-10-18-12-22-13-19(18)11-20/h1-5,16,18-20,22H,6-15H2/t18-,19+,20-. The second kappa shape index (κ2) is 8.40. The molecule has 5 heteroatoms. The van der Waals surface area contributed by atoms with E-state index in [-0.39, 0.29) is 6.09 Å². The number of hydrogen-bond donors (Lipinski definition) is 1. The van der Waals surface area contributed by atoms with Crippen molar-refractivity contribution >= 4 is 6.09 Å². The van der Waals surface area contributed by atoms with Gasteiger partial charge in [-0.3, -0.25) is 0 Å². The van der Waals surface area contributed by atoms with Crippen LogP contribution in [0.25, 0.3) is 0 Å². The number of ether oxygens (including phenoxy) is 2. The number of carbonyl (C=O) groups excluding carboxylic acids is 1. The highest BCUT2D eigenvalue weighted by Gasteiger charge is 2.42. The van der Waals surface area contributed by atoms with Crippen molar-refractivity contribution in [3.05, 3.63) is 35.9 Å². The summed E-state index contributed by atoms with van der Waals surface area (Å²) < 4.78 is 11.2. The fraction of sp³-hybridized carbons (Fsp3) is 0.667. The van der Waals surface area contributed by atoms with Gasteiger partial charge in [0.25, 0.3) is 0 Å². The summed E-state index contributed by atoms with van der Waals surface area (Å²) in [5.74, 6) is 1.98. The lowest BCUT2D eigenvalue weighted by Crippen LogP contribution is -2.44. The van der Waals surface area contributed by atoms with Gasteiger partial charge in [-0.15, -0.1) is 0 Å². The van der Waals surface area contributed by atoms with E-state index in [0.717, 1.165) is 75.9 Å². The Morgan fingerprint density at radius 2 is 1.81 bits per heavy atom. The first-order valence-electron chi connectivity index (χ1n) is 10.1. The quantitative estimate of drug-likeness (QED) is 0.879. The van der Waals surface area contributed by atoms with Crippen LogP contribution in [0.15, 0.2) is 30.3 Å². The highest BCUT2D eigenvalue weighted by Crippen LogP contribution is 2.38. The smallest absolute Gasteiger partial charge is 0.410 e. The fourth-order valence-corrected chi connectivity index (χ4v) is 4.77. The van der Waals surface area contributed by atoms with Crippen molar-refractivity contribution in [3.63, 3.8) is 0 Å². The van der Waals surface area contributed by atoms with Crippen LogP contribution in [0, 0.1) is 17.8 Å². The zero-order chi connectivity index (χ0) is 17.8. The van der Waals surface area contributed by atoms with Crippen molar-refractivity contribution in [1.29, 1.82) is 0 Å². The lowest BCUT2D eigenvalue weighted by atomic mass is 9.98. The molecule has 1 aliphatic carbocycles. The fourth-order valence-electron chi connectivity index (χ4n) is 4.77. The maximum absolute atomic E-state index is 13.0. The molecule has 1 saturated carbocycles. The van der Waals surface area contributed by atoms with Crippen molar-refractivity contribution in [2.24, 2.45) is 17.8 Å². The van der Waals surface area contributed by atoms with Crippen molar-refractivity contribution in [1.82, 2.24) is 10.2 Å². The number of nitrogens with one attached hydrogen (secondary N) is 1. The van der Waals surface area contributed by atoms with Crippen molar-refractivity contribution in [2.75, 3.05) is 32.8 Å². The third-order valence-electron chi connectivity index (χ3n) is 6.31. The molecule has 0 spiro atoms. The summed E-state index contributed by atoms with van der Waals surface area (Å²) >= 11 is 0. The molecule has 26 heavy (non-hydrogen) atoms. The first-order chi connectivity index (χ1) is 12.8. The minimum Gasteiger partial charge on any atom is -0.445 e. The number of hydrogen-bond acceptors (Lipinski definition) is 4. The van der Waals surface area contributed by atoms with Crippen LogP contribution >= 0.6 is 0 Å². The van der Waals surface area contributed by atoms with Crippen LogP contribution in [0.1, 0.15) is 31.2 Å². The number of benzene rings is 1. The molecule has 1 aromatic carbocycles. The molecular weight excluding hydrogens is 328 g/mol. The van der Waals surface area contributed by atoms with Crippen molar-refractivity contribution < 1.29 is 14.3 Å². The van der Waals surface area contributed by atoms with Gasteiger partial charge < -0.3 is 19.7 Å². The molecule has 0 aromatic heterocycles. The Bertz CT molecular complexity index is 576. The molecule has 2 aliphatic heterocycles. The molecule has 0 unspecified atom stereocenters. The molecule has 3 aliphatic rings. The van der Waals surface area contributed by atoms with Crippen LogP contribution in [0.5, 0.6) is 0 Å². The largest absolute Gasteiger partial charge is 0.445 e. The van der Waals surface area contributed by atoms with Gasteiger partial charge in [0, 0.05) is 25.8 Å². The van der Waals surface area contributed by atoms with Crippen LogP contribution < -0.4 is 5.32 Å². The van der Waals surface area contributed by atoms with Gasteiger partial charge in [0.15, 0.2) is 0 Å². The van der Waals surface area contributed by atoms with Crippen molar-refractivity contribution in [3.8, 4) is 0 Å². The Balaban J connectivity index is 1.40. The molecule has 0 bridgehead atoms. The molecule has 2 saturated heterocycles. The molecule has 3 atom stereocenters. The molecule has 142 valence electrons. The highest BCUT2D eigenvalue weighted by atomic mass is 16.6. The van der Waals surface area contributed by atoms with Crippen LogP contribution in [-0.4, -0.2) is 49.9 Å². The van der Waals surface area contributed by atoms with Crippen LogP contribution in [0.3, 0.4) is 0 Å². The van der Waals surface area contributed by atoms with Crippen molar-refractivity contribution in [2.45, 2.75) is 38.3 Å². The Kier molecular flexibility index (Phi) is 5.75. The van der Waals surface area contributed by atoms with E-state index in [2.05, 4.69) is 10.2 Å². The summed E-state index contributed by atoms with van der Waals surface area (Å²) in [6.45, 7) is 5.01. The Morgan fingerprint density at radius 1 is 1.12 bits per heavy atom. The monoisotopic (exact) mass is 358 g/mol. The van der Waals surface area contributed by atoms with Gasteiger partial charge in [-0.05, 0) is 62.1 Å². The van der Waals surface area contributed by atoms with E-state index < -0.39 is 0 Å². The van der Waals surface area contributed by atoms with Crippen LogP contribution in [0.2, 0.25) is 0 Å². The third kappa shape index (κ3) is 4.21. The summed E-state index contributed by atoms with van der Waals surface area (Å²) in [7, 11) is 0. The van der Waals surface area contributed by atoms with E-state index in [1.807, 2.05) is 30.3 Å². The first-order valence-corrected chi connectivity index (χ1v) is 10.1. The van der Waals surface area contributed by atoms with E-state index in [4.69, 9.17) is 9.47 Å². The third-order valence-corrected chi connectivity index (χ3v) is 6.31. The Hall–Kier alpha value is -1.59. The number of rotatable bonds is 5. The number of amides is 1. The molecule has 2 heterocycles. The van der Waals surface area contributed by atoms with Gasteiger partial charge in [0.05, 0.1) is 0 Å². The van der Waals surface area contributed by atoms with Gasteiger partial charge in [0.2, 0.25) is 0 Å². The molecule has 5 nitrogen and oxygen atoms in total. The lowest BCUT2D eigenvalue weighted by molar-refractivity contribution is 0.0353. The normalized spacial score (nSPS) is 28.7. The molecule has 4 rings (SSSR count). The van der Waals surface area contributed by atoms with E-state index >= 15 is 0 Å². The second-order valence-corrected chi connectivity index (χ2v) is 8.05. The summed E-state index contributed by atoms with van der Waals surface area (Å²) in [5.41, 5.74) is 1.04. The van der Waals surface area contributed by atoms with Gasteiger partial charge in [0.1, 0.15) is 6.61 Å². The minimum atomic E-state index is -0.140. The topological polar surface area (TPSA) is 50.8 Å². The number of fused-ring (bicyclic) bond motifs is 1. The summed E-state index contributed by atoms with van der Waals surface area (Å²) in [5, 5.41) is 3.49. The lowest BCUT2D eigenvalue weighted by Gasteiger charge is -2.33. The van der Waals surface area contributed by atoms with E-state index in [9.17, 15) is 4.79 Å². The molecule has 0 radical (unpaired) electrons. The SMILES string of the molecule is O=C(OCc1ccccc1)N(CC1CCOCC1)[C@H]1C[C@H]2CNC[C@H]2C1. The van der Waals surface area contributed by atoms with Gasteiger partial charge >= 0.3 is 6.09 Å². The molecule has 1 aromatic rings.